The molecular formula is C19H36N6O3. The predicted molar refractivity (Wildman–Crippen MR) is 109 cm³/mol. The van der Waals surface area contributed by atoms with Crippen molar-refractivity contribution in [2.45, 2.75) is 25.7 Å². The van der Waals surface area contributed by atoms with Crippen molar-refractivity contribution < 1.29 is 14.3 Å². The Morgan fingerprint density at radius 1 is 0.929 bits per heavy atom. The number of rotatable bonds is 7. The molecule has 2 rings (SSSR count). The van der Waals surface area contributed by atoms with E-state index < -0.39 is 0 Å². The van der Waals surface area contributed by atoms with Crippen LogP contribution in [0.3, 0.4) is 0 Å². The highest BCUT2D eigenvalue weighted by molar-refractivity contribution is 5.86. The summed E-state index contributed by atoms with van der Waals surface area (Å²) < 4.78 is 4.92. The van der Waals surface area contributed by atoms with Crippen LogP contribution in [0.15, 0.2) is 4.99 Å². The van der Waals surface area contributed by atoms with E-state index in [1.54, 1.807) is 14.2 Å². The number of nitrogens with zero attached hydrogens (tertiary/aromatic N) is 4. The molecule has 0 unspecified atom stereocenters. The van der Waals surface area contributed by atoms with Crippen LogP contribution < -0.4 is 10.6 Å². The number of carbonyl (C=O) groups is 2. The molecule has 160 valence electrons. The van der Waals surface area contributed by atoms with Gasteiger partial charge < -0.3 is 25.2 Å². The lowest BCUT2D eigenvalue weighted by molar-refractivity contribution is -0.132. The zero-order valence-corrected chi connectivity index (χ0v) is 17.4. The Morgan fingerprint density at radius 3 is 2.21 bits per heavy atom. The number of hydrogen-bond acceptors (Lipinski definition) is 5. The number of methoxy groups -OCH3 is 1. The summed E-state index contributed by atoms with van der Waals surface area (Å²) in [6, 6.07) is 0. The van der Waals surface area contributed by atoms with E-state index in [0.29, 0.717) is 19.7 Å². The minimum Gasteiger partial charge on any atom is -0.383 e. The van der Waals surface area contributed by atoms with Gasteiger partial charge in [-0.1, -0.05) is 12.8 Å². The third-order valence-electron chi connectivity index (χ3n) is 5.24. The van der Waals surface area contributed by atoms with Gasteiger partial charge in [0.15, 0.2) is 5.96 Å². The van der Waals surface area contributed by atoms with E-state index in [4.69, 9.17) is 4.74 Å². The molecule has 0 aromatic rings. The van der Waals surface area contributed by atoms with E-state index in [1.165, 1.54) is 12.8 Å². The van der Waals surface area contributed by atoms with Crippen LogP contribution in [-0.4, -0.2) is 112 Å². The van der Waals surface area contributed by atoms with Crippen LogP contribution in [0.25, 0.3) is 0 Å². The largest absolute Gasteiger partial charge is 0.383 e. The van der Waals surface area contributed by atoms with Crippen LogP contribution in [0.5, 0.6) is 0 Å². The maximum atomic E-state index is 12.6. The Kier molecular flexibility index (Phi) is 10.1. The van der Waals surface area contributed by atoms with Gasteiger partial charge in [-0.2, -0.15) is 0 Å². The predicted octanol–water partition coefficient (Wildman–Crippen LogP) is -0.655. The number of aliphatic imine (C=N–C) groups is 1. The van der Waals surface area contributed by atoms with Crippen molar-refractivity contribution in [3.63, 3.8) is 0 Å². The zero-order valence-electron chi connectivity index (χ0n) is 17.4. The molecule has 0 radical (unpaired) electrons. The van der Waals surface area contributed by atoms with Gasteiger partial charge in [0, 0.05) is 60.0 Å². The van der Waals surface area contributed by atoms with Gasteiger partial charge in [0.25, 0.3) is 0 Å². The number of nitrogens with one attached hydrogen (secondary N) is 2. The van der Waals surface area contributed by atoms with E-state index in [-0.39, 0.29) is 18.4 Å². The first-order valence-electron chi connectivity index (χ1n) is 10.4. The molecule has 0 aromatic carbocycles. The van der Waals surface area contributed by atoms with E-state index in [1.807, 2.05) is 4.90 Å². The molecule has 0 atom stereocenters. The molecular weight excluding hydrogens is 360 g/mol. The highest BCUT2D eigenvalue weighted by atomic mass is 16.5. The van der Waals surface area contributed by atoms with Crippen LogP contribution in [0, 0.1) is 0 Å². The van der Waals surface area contributed by atoms with E-state index >= 15 is 0 Å². The minimum absolute atomic E-state index is 0.0834. The maximum absolute atomic E-state index is 12.6. The summed E-state index contributed by atoms with van der Waals surface area (Å²) in [5.41, 5.74) is 0. The monoisotopic (exact) mass is 396 g/mol. The molecule has 0 bridgehead atoms. The van der Waals surface area contributed by atoms with E-state index in [9.17, 15) is 9.59 Å². The number of likely N-dealkylation sites (tertiary alicyclic amines) is 1. The van der Waals surface area contributed by atoms with Crippen molar-refractivity contribution in [3.8, 4) is 0 Å². The molecule has 9 nitrogen and oxygen atoms in total. The molecule has 0 spiro atoms. The Labute approximate surface area is 168 Å². The molecule has 2 fully saturated rings. The number of carbonyl (C=O) groups excluding carboxylic acids is 2. The fourth-order valence-corrected chi connectivity index (χ4v) is 3.58. The molecule has 2 aliphatic heterocycles. The normalized spacial score (nSPS) is 19.3. The van der Waals surface area contributed by atoms with E-state index in [2.05, 4.69) is 25.4 Å². The topological polar surface area (TPSA) is 89.5 Å². The van der Waals surface area contributed by atoms with Gasteiger partial charge in [-0.15, -0.1) is 0 Å². The Balaban J connectivity index is 1.69. The van der Waals surface area contributed by atoms with Gasteiger partial charge in [0.1, 0.15) is 0 Å². The van der Waals surface area contributed by atoms with Gasteiger partial charge in [-0.3, -0.25) is 19.5 Å². The lowest BCUT2D eigenvalue weighted by Gasteiger charge is -2.36. The van der Waals surface area contributed by atoms with Crippen molar-refractivity contribution in [1.29, 1.82) is 0 Å². The van der Waals surface area contributed by atoms with Crippen LogP contribution in [0.1, 0.15) is 25.7 Å². The molecule has 2 heterocycles. The van der Waals surface area contributed by atoms with Crippen LogP contribution in [0.2, 0.25) is 0 Å². The highest BCUT2D eigenvalue weighted by Gasteiger charge is 2.23. The lowest BCUT2D eigenvalue weighted by Crippen LogP contribution is -2.55. The Morgan fingerprint density at radius 2 is 1.61 bits per heavy atom. The van der Waals surface area contributed by atoms with Crippen LogP contribution in [0.4, 0.5) is 0 Å². The summed E-state index contributed by atoms with van der Waals surface area (Å²) in [4.78, 5) is 35.0. The molecule has 0 saturated carbocycles. The molecule has 28 heavy (non-hydrogen) atoms. The maximum Gasteiger partial charge on any atom is 0.239 e. The second-order valence-corrected chi connectivity index (χ2v) is 7.30. The second-order valence-electron chi connectivity index (χ2n) is 7.30. The summed E-state index contributed by atoms with van der Waals surface area (Å²) in [6.07, 6.45) is 4.72. The fourth-order valence-electron chi connectivity index (χ4n) is 3.58. The highest BCUT2D eigenvalue weighted by Crippen LogP contribution is 2.11. The van der Waals surface area contributed by atoms with Gasteiger partial charge in [-0.05, 0) is 12.8 Å². The first kappa shape index (κ1) is 22.4. The quantitative estimate of drug-likeness (QED) is 0.338. The Hall–Kier alpha value is -1.87. The van der Waals surface area contributed by atoms with Crippen molar-refractivity contribution in [3.05, 3.63) is 0 Å². The van der Waals surface area contributed by atoms with Crippen molar-refractivity contribution >= 4 is 17.8 Å². The third kappa shape index (κ3) is 7.63. The summed E-state index contributed by atoms with van der Waals surface area (Å²) >= 11 is 0. The molecule has 2 saturated heterocycles. The number of amides is 2. The van der Waals surface area contributed by atoms with Gasteiger partial charge >= 0.3 is 0 Å². The molecule has 2 aliphatic rings. The van der Waals surface area contributed by atoms with Crippen LogP contribution in [-0.2, 0) is 14.3 Å². The first-order valence-corrected chi connectivity index (χ1v) is 10.4. The minimum atomic E-state index is -0.0834. The smallest absolute Gasteiger partial charge is 0.239 e. The zero-order chi connectivity index (χ0) is 20.2. The summed E-state index contributed by atoms with van der Waals surface area (Å²) in [5, 5.41) is 5.89. The summed E-state index contributed by atoms with van der Waals surface area (Å²) in [6.45, 7) is 6.71. The molecule has 9 heteroatoms. The number of piperazine rings is 1. The van der Waals surface area contributed by atoms with Gasteiger partial charge in [0.2, 0.25) is 11.8 Å². The molecule has 0 aromatic heterocycles. The van der Waals surface area contributed by atoms with Crippen molar-refractivity contribution in [1.82, 2.24) is 25.3 Å². The number of guanidine groups is 1. The average Bonchev–Trinajstić information content (AvgIpc) is 2.99. The lowest BCUT2D eigenvalue weighted by atomic mass is 10.2. The third-order valence-corrected chi connectivity index (χ3v) is 5.24. The second kappa shape index (κ2) is 12.6. The molecule has 2 amide bonds. The summed E-state index contributed by atoms with van der Waals surface area (Å²) in [7, 11) is 3.33. The first-order chi connectivity index (χ1) is 13.6. The van der Waals surface area contributed by atoms with Crippen molar-refractivity contribution in [2.75, 3.05) is 79.7 Å². The number of ether oxygens (including phenoxy) is 1. The van der Waals surface area contributed by atoms with E-state index in [0.717, 1.165) is 58.1 Å². The molecule has 2 N–H and O–H groups in total. The Bertz CT molecular complexity index is 512. The number of hydrogen-bond donors (Lipinski definition) is 2. The van der Waals surface area contributed by atoms with Gasteiger partial charge in [-0.25, -0.2) is 0 Å². The van der Waals surface area contributed by atoms with Crippen molar-refractivity contribution in [2.24, 2.45) is 4.99 Å². The molecule has 0 aliphatic carbocycles. The standard InChI is InChI=1S/C19H36N6O3/c1-20-19(22-15-17(26)21-7-14-28-2)25-12-10-23(11-13-25)16-18(27)24-8-5-3-4-6-9-24/h3-16H2,1-2H3,(H,20,22)(H,21,26). The average molecular weight is 397 g/mol. The fraction of sp³-hybridized carbons (Fsp3) is 0.842. The summed E-state index contributed by atoms with van der Waals surface area (Å²) in [5.74, 6) is 0.894. The van der Waals surface area contributed by atoms with Gasteiger partial charge in [0.05, 0.1) is 19.7 Å². The SMILES string of the molecule is CN=C(NCC(=O)NCCOC)N1CCN(CC(=O)N2CCCCCC2)CC1. The van der Waals surface area contributed by atoms with Crippen LogP contribution >= 0.6 is 0 Å².